The summed E-state index contributed by atoms with van der Waals surface area (Å²) in [5.41, 5.74) is 0. The van der Waals surface area contributed by atoms with Crippen LogP contribution >= 0.6 is 0 Å². The molecular formula is C41H77NO12S. The van der Waals surface area contributed by atoms with E-state index in [0.29, 0.717) is 19.3 Å². The molecule has 0 aromatic carbocycles. The quantitative estimate of drug-likeness (QED) is 0.0212. The number of hydrogen-bond acceptors (Lipinski definition) is 11. The second-order valence-corrected chi connectivity index (χ2v) is 16.1. The van der Waals surface area contributed by atoms with E-state index < -0.39 is 78.5 Å². The van der Waals surface area contributed by atoms with Crippen LogP contribution in [0.25, 0.3) is 0 Å². The van der Waals surface area contributed by atoms with E-state index in [1.54, 1.807) is 6.08 Å². The van der Waals surface area contributed by atoms with Crippen LogP contribution in [0.3, 0.4) is 0 Å². The minimum absolute atomic E-state index is 0.0505. The molecule has 0 radical (unpaired) electrons. The molecular weight excluding hydrogens is 731 g/mol. The van der Waals surface area contributed by atoms with Crippen molar-refractivity contribution in [1.29, 1.82) is 0 Å². The molecule has 55 heavy (non-hydrogen) atoms. The van der Waals surface area contributed by atoms with E-state index in [0.717, 1.165) is 32.1 Å². The molecule has 1 aliphatic heterocycles. The number of rotatable bonds is 35. The van der Waals surface area contributed by atoms with Gasteiger partial charge in [-0.2, -0.15) is 8.42 Å². The number of unbranched alkanes of at least 4 members (excludes halogenated alkanes) is 19. The number of nitrogens with one attached hydrogen (secondary N) is 1. The Balaban J connectivity index is 2.67. The number of amides is 1. The highest BCUT2D eigenvalue weighted by atomic mass is 32.3. The maximum atomic E-state index is 13.0. The van der Waals surface area contributed by atoms with Gasteiger partial charge >= 0.3 is 10.4 Å². The van der Waals surface area contributed by atoms with Gasteiger partial charge in [-0.1, -0.05) is 160 Å². The normalized spacial score (nSPS) is 22.4. The predicted molar refractivity (Wildman–Crippen MR) is 215 cm³/mol. The van der Waals surface area contributed by atoms with Crippen LogP contribution in [-0.4, -0.2) is 107 Å². The number of carbonyl (C=O) groups excluding carboxylic acids is 1. The van der Waals surface area contributed by atoms with Gasteiger partial charge in [0.15, 0.2) is 6.29 Å². The van der Waals surface area contributed by atoms with Crippen molar-refractivity contribution in [2.24, 2.45) is 0 Å². The SMILES string of the molecule is CCCCCCCC/C=C\C/C=C\CC(O)C(=O)NC(COC1OC(CO)C(O)C(OS(=O)(=O)O)C1O)C(O)CCCCCCCCCCCCCCCC. The van der Waals surface area contributed by atoms with Crippen LogP contribution in [0.1, 0.15) is 168 Å². The molecule has 1 saturated heterocycles. The summed E-state index contributed by atoms with van der Waals surface area (Å²) >= 11 is 0. The molecule has 1 amide bonds. The van der Waals surface area contributed by atoms with E-state index >= 15 is 0 Å². The number of hydrogen-bond donors (Lipinski definition) is 7. The smallest absolute Gasteiger partial charge is 0.394 e. The lowest BCUT2D eigenvalue weighted by Gasteiger charge is -2.41. The summed E-state index contributed by atoms with van der Waals surface area (Å²) in [5.74, 6) is -0.738. The van der Waals surface area contributed by atoms with Crippen LogP contribution in [-0.2, 0) is 28.9 Å². The fraction of sp³-hybridized carbons (Fsp3) is 0.878. The Bertz CT molecular complexity index is 1110. The van der Waals surface area contributed by atoms with Crippen molar-refractivity contribution in [3.05, 3.63) is 24.3 Å². The van der Waals surface area contributed by atoms with Crippen LogP contribution in [0.5, 0.6) is 0 Å². The third kappa shape index (κ3) is 25.5. The van der Waals surface area contributed by atoms with Crippen molar-refractivity contribution in [2.75, 3.05) is 13.2 Å². The van der Waals surface area contributed by atoms with Crippen molar-refractivity contribution in [3.8, 4) is 0 Å². The van der Waals surface area contributed by atoms with Gasteiger partial charge in [-0.15, -0.1) is 0 Å². The second kappa shape index (κ2) is 32.5. The zero-order valence-electron chi connectivity index (χ0n) is 33.9. The number of ether oxygens (including phenoxy) is 2. The molecule has 0 aromatic heterocycles. The van der Waals surface area contributed by atoms with Crippen LogP contribution in [0.15, 0.2) is 24.3 Å². The van der Waals surface area contributed by atoms with Crippen molar-refractivity contribution in [1.82, 2.24) is 5.32 Å². The third-order valence-corrected chi connectivity index (χ3v) is 10.6. The Morgan fingerprint density at radius 2 is 1.25 bits per heavy atom. The van der Waals surface area contributed by atoms with Gasteiger partial charge in [0.25, 0.3) is 0 Å². The van der Waals surface area contributed by atoms with Crippen LogP contribution in [0.2, 0.25) is 0 Å². The Morgan fingerprint density at radius 3 is 1.78 bits per heavy atom. The van der Waals surface area contributed by atoms with Gasteiger partial charge in [0.2, 0.25) is 5.91 Å². The summed E-state index contributed by atoms with van der Waals surface area (Å²) in [6.07, 6.45) is 22.5. The lowest BCUT2D eigenvalue weighted by Crippen LogP contribution is -2.61. The molecule has 14 heteroatoms. The third-order valence-electron chi connectivity index (χ3n) is 10.1. The van der Waals surface area contributed by atoms with E-state index in [2.05, 4.69) is 35.5 Å². The summed E-state index contributed by atoms with van der Waals surface area (Å²) in [6, 6.07) is -1.06. The molecule has 13 nitrogen and oxygen atoms in total. The number of aliphatic hydroxyl groups is 5. The fourth-order valence-electron chi connectivity index (χ4n) is 6.68. The molecule has 1 fully saturated rings. The highest BCUT2D eigenvalue weighted by molar-refractivity contribution is 7.80. The molecule has 0 aromatic rings. The number of carbonyl (C=O) groups is 1. The van der Waals surface area contributed by atoms with Gasteiger partial charge in [-0.25, -0.2) is 4.18 Å². The first-order valence-electron chi connectivity index (χ1n) is 21.3. The minimum atomic E-state index is -5.11. The predicted octanol–water partition coefficient (Wildman–Crippen LogP) is 6.35. The average molecular weight is 808 g/mol. The molecule has 324 valence electrons. The summed E-state index contributed by atoms with van der Waals surface area (Å²) in [6.45, 7) is 3.20. The number of aliphatic hydroxyl groups excluding tert-OH is 5. The minimum Gasteiger partial charge on any atom is -0.394 e. The second-order valence-electron chi connectivity index (χ2n) is 15.1. The summed E-state index contributed by atoms with van der Waals surface area (Å²) < 4.78 is 47.4. The Morgan fingerprint density at radius 1 is 0.745 bits per heavy atom. The lowest BCUT2D eigenvalue weighted by atomic mass is 9.99. The van der Waals surface area contributed by atoms with Gasteiger partial charge in [0, 0.05) is 6.42 Å². The summed E-state index contributed by atoms with van der Waals surface area (Å²) in [7, 11) is -5.11. The maximum Gasteiger partial charge on any atom is 0.397 e. The highest BCUT2D eigenvalue weighted by Gasteiger charge is 2.48. The van der Waals surface area contributed by atoms with Gasteiger partial charge < -0.3 is 40.3 Å². The Labute approximate surface area is 332 Å². The number of allylic oxidation sites excluding steroid dienone is 3. The first-order chi connectivity index (χ1) is 26.4. The van der Waals surface area contributed by atoms with Crippen molar-refractivity contribution >= 4 is 16.3 Å². The molecule has 1 heterocycles. The molecule has 0 saturated carbocycles. The summed E-state index contributed by atoms with van der Waals surface area (Å²) in [5, 5.41) is 55.0. The lowest BCUT2D eigenvalue weighted by molar-refractivity contribution is -0.298. The molecule has 1 rings (SSSR count). The largest absolute Gasteiger partial charge is 0.397 e. The van der Waals surface area contributed by atoms with Gasteiger partial charge in [-0.3, -0.25) is 9.35 Å². The van der Waals surface area contributed by atoms with E-state index in [-0.39, 0.29) is 6.42 Å². The first kappa shape index (κ1) is 51.6. The first-order valence-corrected chi connectivity index (χ1v) is 22.7. The van der Waals surface area contributed by atoms with E-state index in [9.17, 15) is 38.7 Å². The highest BCUT2D eigenvalue weighted by Crippen LogP contribution is 2.26. The zero-order valence-corrected chi connectivity index (χ0v) is 34.7. The molecule has 8 unspecified atom stereocenters. The van der Waals surface area contributed by atoms with Crippen molar-refractivity contribution < 1.29 is 57.0 Å². The molecule has 0 bridgehead atoms. The molecule has 8 atom stereocenters. The topological polar surface area (TPSA) is 212 Å². The standard InChI is InChI=1S/C41H77NO12S/c1-3-5-7-9-11-13-15-17-18-20-21-23-25-27-29-34(44)33(32-52-41-38(47)39(54-55(49,50)51)37(46)36(31-43)53-41)42-40(48)35(45)30-28-26-24-22-19-16-14-12-10-8-6-4-2/h19,22,26,28,33-39,41,43-47H,3-18,20-21,23-25,27,29-32H2,1-2H3,(H,42,48)(H,49,50,51)/b22-19-,28-26-. The Hall–Kier alpha value is -1.46. The van der Waals surface area contributed by atoms with Crippen LogP contribution in [0, 0.1) is 0 Å². The van der Waals surface area contributed by atoms with E-state index in [4.69, 9.17) is 14.0 Å². The fourth-order valence-corrected chi connectivity index (χ4v) is 7.19. The maximum absolute atomic E-state index is 13.0. The molecule has 0 spiro atoms. The van der Waals surface area contributed by atoms with E-state index in [1.165, 1.54) is 96.3 Å². The summed E-state index contributed by atoms with van der Waals surface area (Å²) in [4.78, 5) is 13.0. The van der Waals surface area contributed by atoms with Crippen LogP contribution in [0.4, 0.5) is 0 Å². The molecule has 0 aliphatic carbocycles. The molecule has 7 N–H and O–H groups in total. The average Bonchev–Trinajstić information content (AvgIpc) is 3.15. The van der Waals surface area contributed by atoms with Gasteiger partial charge in [0.1, 0.15) is 30.5 Å². The van der Waals surface area contributed by atoms with E-state index in [1.807, 2.05) is 6.08 Å². The van der Waals surface area contributed by atoms with Crippen molar-refractivity contribution in [3.63, 3.8) is 0 Å². The molecule has 1 aliphatic rings. The zero-order chi connectivity index (χ0) is 40.7. The van der Waals surface area contributed by atoms with Crippen molar-refractivity contribution in [2.45, 2.75) is 217 Å². The monoisotopic (exact) mass is 808 g/mol. The van der Waals surface area contributed by atoms with Gasteiger partial charge in [-0.05, 0) is 25.7 Å². The van der Waals surface area contributed by atoms with Gasteiger partial charge in [0.05, 0.1) is 25.4 Å². The van der Waals surface area contributed by atoms with Crippen LogP contribution < -0.4 is 5.32 Å². The Kier molecular flexibility index (Phi) is 30.5.